The third kappa shape index (κ3) is 3.59. The summed E-state index contributed by atoms with van der Waals surface area (Å²) in [6, 6.07) is 9.65. The number of anilines is 1. The summed E-state index contributed by atoms with van der Waals surface area (Å²) < 4.78 is 7.60. The summed E-state index contributed by atoms with van der Waals surface area (Å²) in [7, 11) is 0. The maximum absolute atomic E-state index is 6.12. The Hall–Kier alpha value is -2.38. The molecule has 1 fully saturated rings. The van der Waals surface area contributed by atoms with Crippen molar-refractivity contribution >= 4 is 23.2 Å². The van der Waals surface area contributed by atoms with Crippen LogP contribution in [0.3, 0.4) is 0 Å². The van der Waals surface area contributed by atoms with E-state index in [9.17, 15) is 0 Å². The summed E-state index contributed by atoms with van der Waals surface area (Å²) in [5.41, 5.74) is 0.955. The van der Waals surface area contributed by atoms with Gasteiger partial charge >= 0.3 is 0 Å². The van der Waals surface area contributed by atoms with Crippen LogP contribution in [-0.4, -0.2) is 63.8 Å². The summed E-state index contributed by atoms with van der Waals surface area (Å²) >= 11 is 6.12. The Morgan fingerprint density at radius 3 is 2.77 bits per heavy atom. The van der Waals surface area contributed by atoms with Crippen molar-refractivity contribution < 1.29 is 4.74 Å². The monoisotopic (exact) mass is 372 g/mol. The van der Waals surface area contributed by atoms with E-state index in [1.165, 1.54) is 0 Å². The second-order valence-corrected chi connectivity index (χ2v) is 6.74. The fraction of sp³-hybridized carbons (Fsp3) is 0.389. The van der Waals surface area contributed by atoms with Crippen LogP contribution in [0.2, 0.25) is 5.02 Å². The van der Waals surface area contributed by atoms with E-state index in [2.05, 4.69) is 30.9 Å². The number of hydrogen-bond acceptors (Lipinski definition) is 6. The lowest BCUT2D eigenvalue weighted by atomic mass is 10.3. The van der Waals surface area contributed by atoms with Gasteiger partial charge in [0, 0.05) is 44.5 Å². The van der Waals surface area contributed by atoms with E-state index >= 15 is 0 Å². The first-order chi connectivity index (χ1) is 12.7. The molecule has 1 aliphatic heterocycles. The van der Waals surface area contributed by atoms with Gasteiger partial charge in [-0.2, -0.15) is 14.6 Å². The third-order valence-electron chi connectivity index (χ3n) is 4.56. The Morgan fingerprint density at radius 1 is 1.15 bits per heavy atom. The molecule has 0 atom stereocenters. The molecule has 0 saturated carbocycles. The second kappa shape index (κ2) is 7.47. The molecule has 0 unspecified atom stereocenters. The van der Waals surface area contributed by atoms with Gasteiger partial charge in [0.2, 0.25) is 0 Å². The third-order valence-corrected chi connectivity index (χ3v) is 4.87. The average Bonchev–Trinajstić information content (AvgIpc) is 3.11. The number of ether oxygens (including phenoxy) is 1. The van der Waals surface area contributed by atoms with Crippen LogP contribution < -0.4 is 9.64 Å². The topological polar surface area (TPSA) is 58.8 Å². The quantitative estimate of drug-likeness (QED) is 0.685. The maximum Gasteiger partial charge on any atom is 0.254 e. The number of aromatic nitrogens is 4. The second-order valence-electron chi connectivity index (χ2n) is 6.34. The molecule has 0 radical (unpaired) electrons. The van der Waals surface area contributed by atoms with Gasteiger partial charge in [-0.3, -0.25) is 4.90 Å². The van der Waals surface area contributed by atoms with Crippen LogP contribution in [0.5, 0.6) is 5.75 Å². The molecule has 3 heterocycles. The van der Waals surface area contributed by atoms with Crippen LogP contribution in [0.4, 0.5) is 5.82 Å². The maximum atomic E-state index is 6.12. The van der Waals surface area contributed by atoms with Crippen LogP contribution in [0, 0.1) is 6.92 Å². The number of para-hydroxylation sites is 1. The molecule has 0 aliphatic carbocycles. The highest BCUT2D eigenvalue weighted by molar-refractivity contribution is 6.32. The Morgan fingerprint density at radius 2 is 1.96 bits per heavy atom. The number of nitrogens with zero attached hydrogens (tertiary/aromatic N) is 6. The molecule has 0 N–H and O–H groups in total. The van der Waals surface area contributed by atoms with Crippen molar-refractivity contribution in [1.82, 2.24) is 24.5 Å². The van der Waals surface area contributed by atoms with Gasteiger partial charge < -0.3 is 9.64 Å². The predicted molar refractivity (Wildman–Crippen MR) is 101 cm³/mol. The number of fused-ring (bicyclic) bond motifs is 1. The zero-order valence-corrected chi connectivity index (χ0v) is 15.4. The molecular weight excluding hydrogens is 352 g/mol. The zero-order valence-electron chi connectivity index (χ0n) is 14.7. The van der Waals surface area contributed by atoms with Crippen molar-refractivity contribution in [2.45, 2.75) is 6.92 Å². The lowest BCUT2D eigenvalue weighted by Crippen LogP contribution is -2.48. The predicted octanol–water partition coefficient (Wildman–Crippen LogP) is 2.29. The lowest BCUT2D eigenvalue weighted by molar-refractivity contribution is 0.200. The van der Waals surface area contributed by atoms with E-state index in [1.807, 2.05) is 35.7 Å². The summed E-state index contributed by atoms with van der Waals surface area (Å²) in [6.07, 6.45) is 1.55. The molecule has 3 aromatic rings. The van der Waals surface area contributed by atoms with Gasteiger partial charge in [0.1, 0.15) is 24.5 Å². The van der Waals surface area contributed by atoms with E-state index in [0.717, 1.165) is 50.0 Å². The molecule has 1 aliphatic rings. The van der Waals surface area contributed by atoms with Crippen molar-refractivity contribution in [1.29, 1.82) is 0 Å². The first-order valence-corrected chi connectivity index (χ1v) is 9.10. The number of hydrogen-bond donors (Lipinski definition) is 0. The van der Waals surface area contributed by atoms with Gasteiger partial charge in [0.05, 0.1) is 5.02 Å². The molecule has 4 rings (SSSR count). The summed E-state index contributed by atoms with van der Waals surface area (Å²) in [5.74, 6) is 2.45. The Kier molecular flexibility index (Phi) is 4.90. The molecule has 1 saturated heterocycles. The Balaban J connectivity index is 1.33. The fourth-order valence-electron chi connectivity index (χ4n) is 3.18. The number of rotatable bonds is 5. The van der Waals surface area contributed by atoms with Crippen LogP contribution in [0.1, 0.15) is 5.69 Å². The van der Waals surface area contributed by atoms with Crippen LogP contribution in [0.25, 0.3) is 5.78 Å². The number of halogens is 1. The van der Waals surface area contributed by atoms with Crippen LogP contribution in [-0.2, 0) is 0 Å². The van der Waals surface area contributed by atoms with Gasteiger partial charge in [-0.05, 0) is 19.1 Å². The van der Waals surface area contributed by atoms with E-state index in [-0.39, 0.29) is 0 Å². The number of piperazine rings is 1. The highest BCUT2D eigenvalue weighted by Gasteiger charge is 2.20. The first kappa shape index (κ1) is 17.1. The summed E-state index contributed by atoms with van der Waals surface area (Å²) in [5, 5.41) is 4.96. The molecule has 0 amide bonds. The van der Waals surface area contributed by atoms with Gasteiger partial charge in [-0.1, -0.05) is 23.7 Å². The normalized spacial score (nSPS) is 15.5. The van der Waals surface area contributed by atoms with Crippen molar-refractivity contribution in [2.75, 3.05) is 44.2 Å². The molecule has 8 heteroatoms. The smallest absolute Gasteiger partial charge is 0.254 e. The SMILES string of the molecule is Cc1cc(N2CCN(CCOc3ccccc3Cl)CC2)n2ncnc2n1. The summed E-state index contributed by atoms with van der Waals surface area (Å²) in [6.45, 7) is 7.32. The van der Waals surface area contributed by atoms with Crippen LogP contribution >= 0.6 is 11.6 Å². The standard InChI is InChI=1S/C18H21ClN6O/c1-14-12-17(25-18(22-14)20-13-21-25)24-8-6-23(7-9-24)10-11-26-16-5-3-2-4-15(16)19/h2-5,12-13H,6-11H2,1H3. The van der Waals surface area contributed by atoms with Gasteiger partial charge in [-0.25, -0.2) is 4.98 Å². The van der Waals surface area contributed by atoms with Crippen molar-refractivity contribution in [3.8, 4) is 5.75 Å². The zero-order chi connectivity index (χ0) is 17.9. The lowest BCUT2D eigenvalue weighted by Gasteiger charge is -2.35. The van der Waals surface area contributed by atoms with Gasteiger partial charge in [0.15, 0.2) is 0 Å². The highest BCUT2D eigenvalue weighted by Crippen LogP contribution is 2.23. The first-order valence-electron chi connectivity index (χ1n) is 8.73. The average molecular weight is 373 g/mol. The Labute approximate surface area is 157 Å². The number of benzene rings is 1. The molecule has 136 valence electrons. The molecule has 7 nitrogen and oxygen atoms in total. The van der Waals surface area contributed by atoms with Crippen molar-refractivity contribution in [3.63, 3.8) is 0 Å². The highest BCUT2D eigenvalue weighted by atomic mass is 35.5. The minimum atomic E-state index is 0.630. The Bertz CT molecular complexity index is 890. The van der Waals surface area contributed by atoms with E-state index < -0.39 is 0 Å². The molecule has 0 spiro atoms. The molecule has 1 aromatic carbocycles. The minimum absolute atomic E-state index is 0.630. The number of aryl methyl sites for hydroxylation is 1. The fourth-order valence-corrected chi connectivity index (χ4v) is 3.37. The van der Waals surface area contributed by atoms with Crippen molar-refractivity contribution in [2.24, 2.45) is 0 Å². The molecule has 26 heavy (non-hydrogen) atoms. The van der Waals surface area contributed by atoms with Crippen molar-refractivity contribution in [3.05, 3.63) is 47.4 Å². The molecule has 2 aromatic heterocycles. The molecule has 0 bridgehead atoms. The van der Waals surface area contributed by atoms with E-state index in [4.69, 9.17) is 16.3 Å². The van der Waals surface area contributed by atoms with E-state index in [1.54, 1.807) is 6.33 Å². The van der Waals surface area contributed by atoms with E-state index in [0.29, 0.717) is 17.4 Å². The minimum Gasteiger partial charge on any atom is -0.491 e. The molecular formula is C18H21ClN6O. The van der Waals surface area contributed by atoms with Gasteiger partial charge in [-0.15, -0.1) is 0 Å². The van der Waals surface area contributed by atoms with Crippen LogP contribution in [0.15, 0.2) is 36.7 Å². The summed E-state index contributed by atoms with van der Waals surface area (Å²) in [4.78, 5) is 13.3. The van der Waals surface area contributed by atoms with Gasteiger partial charge in [0.25, 0.3) is 5.78 Å². The largest absolute Gasteiger partial charge is 0.491 e.